The topological polar surface area (TPSA) is 77.5 Å². The third kappa shape index (κ3) is 3.77. The fraction of sp³-hybridized carbons (Fsp3) is 0.167. The van der Waals surface area contributed by atoms with Crippen LogP contribution in [-0.4, -0.2) is 30.6 Å². The summed E-state index contributed by atoms with van der Waals surface area (Å²) in [7, 11) is 1.33. The van der Waals surface area contributed by atoms with Crippen LogP contribution in [0, 0.1) is 0 Å². The van der Waals surface area contributed by atoms with Crippen molar-refractivity contribution in [2.45, 2.75) is 6.92 Å². The number of thiazole rings is 1. The average molecular weight is 356 g/mol. The van der Waals surface area contributed by atoms with Gasteiger partial charge < -0.3 is 9.47 Å². The molecule has 7 heteroatoms. The number of nitrogens with zero attached hydrogens (tertiary/aromatic N) is 1. The quantitative estimate of drug-likeness (QED) is 0.705. The van der Waals surface area contributed by atoms with Gasteiger partial charge in [0.2, 0.25) is 0 Å². The minimum Gasteiger partial charge on any atom is -0.494 e. The number of hydrogen-bond acceptors (Lipinski definition) is 6. The van der Waals surface area contributed by atoms with Gasteiger partial charge in [-0.05, 0) is 43.3 Å². The molecule has 0 spiro atoms. The summed E-state index contributed by atoms with van der Waals surface area (Å²) in [6.07, 6.45) is 0. The first kappa shape index (κ1) is 16.9. The molecular formula is C18H16N2O4S. The highest BCUT2D eigenvalue weighted by Crippen LogP contribution is 2.27. The van der Waals surface area contributed by atoms with E-state index in [0.717, 1.165) is 4.70 Å². The van der Waals surface area contributed by atoms with E-state index in [9.17, 15) is 9.59 Å². The zero-order chi connectivity index (χ0) is 17.8. The average Bonchev–Trinajstić information content (AvgIpc) is 3.02. The van der Waals surface area contributed by atoms with Crippen molar-refractivity contribution in [3.8, 4) is 5.75 Å². The van der Waals surface area contributed by atoms with Gasteiger partial charge in [-0.3, -0.25) is 10.1 Å². The zero-order valence-corrected chi connectivity index (χ0v) is 14.6. The van der Waals surface area contributed by atoms with E-state index in [1.165, 1.54) is 18.4 Å². The Labute approximate surface area is 148 Å². The molecule has 3 rings (SSSR count). The first-order valence-corrected chi connectivity index (χ1v) is 8.45. The standard InChI is InChI=1S/C18H16N2O4S/c1-3-24-13-6-4-5-11(9-13)16(21)20-18-19-14-8-7-12(17(22)23-2)10-15(14)25-18/h4-10H,3H2,1-2H3,(H,19,20,21). The number of ether oxygens (including phenoxy) is 2. The first-order valence-electron chi connectivity index (χ1n) is 7.64. The lowest BCUT2D eigenvalue weighted by atomic mass is 10.2. The van der Waals surface area contributed by atoms with Crippen LogP contribution in [0.4, 0.5) is 5.13 Å². The number of aromatic nitrogens is 1. The molecule has 128 valence electrons. The number of esters is 1. The van der Waals surface area contributed by atoms with Crippen molar-refractivity contribution in [3.05, 3.63) is 53.6 Å². The summed E-state index contributed by atoms with van der Waals surface area (Å²) in [5.74, 6) is -0.0374. The Morgan fingerprint density at radius 2 is 2.00 bits per heavy atom. The van der Waals surface area contributed by atoms with Gasteiger partial charge in [-0.15, -0.1) is 0 Å². The molecule has 3 aromatic rings. The van der Waals surface area contributed by atoms with Crippen molar-refractivity contribution in [1.29, 1.82) is 0 Å². The number of hydrogen-bond donors (Lipinski definition) is 1. The molecule has 0 aliphatic heterocycles. The molecule has 6 nitrogen and oxygen atoms in total. The Hall–Kier alpha value is -2.93. The number of carbonyl (C=O) groups excluding carboxylic acids is 2. The van der Waals surface area contributed by atoms with E-state index in [-0.39, 0.29) is 5.91 Å². The number of anilines is 1. The van der Waals surface area contributed by atoms with Gasteiger partial charge in [0, 0.05) is 5.56 Å². The predicted molar refractivity (Wildman–Crippen MR) is 96.5 cm³/mol. The van der Waals surface area contributed by atoms with Crippen molar-refractivity contribution in [2.24, 2.45) is 0 Å². The van der Waals surface area contributed by atoms with Crippen LogP contribution < -0.4 is 10.1 Å². The highest BCUT2D eigenvalue weighted by molar-refractivity contribution is 7.22. The van der Waals surface area contributed by atoms with Gasteiger partial charge in [-0.2, -0.15) is 0 Å². The molecule has 1 amide bonds. The van der Waals surface area contributed by atoms with E-state index < -0.39 is 5.97 Å². The summed E-state index contributed by atoms with van der Waals surface area (Å²) in [5, 5.41) is 3.24. The lowest BCUT2D eigenvalue weighted by Gasteiger charge is -2.05. The third-order valence-electron chi connectivity index (χ3n) is 3.44. The number of rotatable bonds is 5. The molecule has 2 aromatic carbocycles. The molecule has 0 fully saturated rings. The number of methoxy groups -OCH3 is 1. The van der Waals surface area contributed by atoms with Crippen LogP contribution in [0.25, 0.3) is 10.2 Å². The minimum atomic E-state index is -0.409. The van der Waals surface area contributed by atoms with Crippen LogP contribution in [0.2, 0.25) is 0 Å². The maximum absolute atomic E-state index is 12.4. The number of nitrogens with one attached hydrogen (secondary N) is 1. The smallest absolute Gasteiger partial charge is 0.337 e. The van der Waals surface area contributed by atoms with E-state index >= 15 is 0 Å². The van der Waals surface area contributed by atoms with E-state index in [1.807, 2.05) is 6.92 Å². The lowest BCUT2D eigenvalue weighted by molar-refractivity contribution is 0.0601. The van der Waals surface area contributed by atoms with Gasteiger partial charge in [0.15, 0.2) is 5.13 Å². The van der Waals surface area contributed by atoms with Crippen LogP contribution in [-0.2, 0) is 4.74 Å². The van der Waals surface area contributed by atoms with Crippen LogP contribution in [0.3, 0.4) is 0 Å². The summed E-state index contributed by atoms with van der Waals surface area (Å²) >= 11 is 1.29. The SMILES string of the molecule is CCOc1cccc(C(=O)Nc2nc3ccc(C(=O)OC)cc3s2)c1. The Bertz CT molecular complexity index is 936. The normalized spacial score (nSPS) is 10.5. The van der Waals surface area contributed by atoms with Crippen LogP contribution in [0.15, 0.2) is 42.5 Å². The van der Waals surface area contributed by atoms with Crippen molar-refractivity contribution in [3.63, 3.8) is 0 Å². The van der Waals surface area contributed by atoms with Gasteiger partial charge in [0.05, 0.1) is 29.5 Å². The Kier molecular flexibility index (Phi) is 4.95. The van der Waals surface area contributed by atoms with E-state index in [4.69, 9.17) is 9.47 Å². The molecule has 0 saturated carbocycles. The highest BCUT2D eigenvalue weighted by atomic mass is 32.1. The van der Waals surface area contributed by atoms with E-state index in [2.05, 4.69) is 10.3 Å². The largest absolute Gasteiger partial charge is 0.494 e. The van der Waals surface area contributed by atoms with Crippen LogP contribution in [0.5, 0.6) is 5.75 Å². The Morgan fingerprint density at radius 1 is 1.16 bits per heavy atom. The zero-order valence-electron chi connectivity index (χ0n) is 13.7. The molecule has 1 aromatic heterocycles. The fourth-order valence-electron chi connectivity index (χ4n) is 2.29. The van der Waals surface area contributed by atoms with Gasteiger partial charge >= 0.3 is 5.97 Å². The Morgan fingerprint density at radius 3 is 2.76 bits per heavy atom. The molecule has 0 radical (unpaired) electrons. The van der Waals surface area contributed by atoms with Gasteiger partial charge in [0.1, 0.15) is 5.75 Å². The number of carbonyl (C=O) groups is 2. The minimum absolute atomic E-state index is 0.270. The molecule has 25 heavy (non-hydrogen) atoms. The molecule has 0 saturated heterocycles. The molecular weight excluding hydrogens is 340 g/mol. The van der Waals surface area contributed by atoms with Crippen LogP contribution >= 0.6 is 11.3 Å². The maximum Gasteiger partial charge on any atom is 0.337 e. The van der Waals surface area contributed by atoms with E-state index in [1.54, 1.807) is 42.5 Å². The summed E-state index contributed by atoms with van der Waals surface area (Å²) in [4.78, 5) is 28.4. The van der Waals surface area contributed by atoms with Crippen molar-refractivity contribution in [1.82, 2.24) is 4.98 Å². The van der Waals surface area contributed by atoms with Gasteiger partial charge in [0.25, 0.3) is 5.91 Å². The summed E-state index contributed by atoms with van der Waals surface area (Å²) in [5.41, 5.74) is 1.64. The summed E-state index contributed by atoms with van der Waals surface area (Å²) in [6.45, 7) is 2.42. The number of benzene rings is 2. The second kappa shape index (κ2) is 7.31. The highest BCUT2D eigenvalue weighted by Gasteiger charge is 2.13. The lowest BCUT2D eigenvalue weighted by Crippen LogP contribution is -2.11. The maximum atomic E-state index is 12.4. The molecule has 0 aliphatic carbocycles. The second-order valence-electron chi connectivity index (χ2n) is 5.11. The summed E-state index contributed by atoms with van der Waals surface area (Å²) < 4.78 is 10.9. The molecule has 0 bridgehead atoms. The molecule has 0 atom stereocenters. The molecule has 1 heterocycles. The van der Waals surface area contributed by atoms with Crippen molar-refractivity contribution >= 4 is 38.6 Å². The molecule has 0 aliphatic rings. The Balaban J connectivity index is 1.81. The molecule has 0 unspecified atom stereocenters. The number of amides is 1. The van der Waals surface area contributed by atoms with Crippen LogP contribution in [0.1, 0.15) is 27.6 Å². The predicted octanol–water partition coefficient (Wildman–Crippen LogP) is 3.73. The van der Waals surface area contributed by atoms with Crippen molar-refractivity contribution in [2.75, 3.05) is 19.0 Å². The fourth-order valence-corrected chi connectivity index (χ4v) is 3.19. The molecule has 1 N–H and O–H groups in total. The number of fused-ring (bicyclic) bond motifs is 1. The van der Waals surface area contributed by atoms with Gasteiger partial charge in [-0.25, -0.2) is 9.78 Å². The second-order valence-corrected chi connectivity index (χ2v) is 6.14. The van der Waals surface area contributed by atoms with Gasteiger partial charge in [-0.1, -0.05) is 17.4 Å². The van der Waals surface area contributed by atoms with Crippen molar-refractivity contribution < 1.29 is 19.1 Å². The third-order valence-corrected chi connectivity index (χ3v) is 4.37. The first-order chi connectivity index (χ1) is 12.1. The monoisotopic (exact) mass is 356 g/mol. The summed E-state index contributed by atoms with van der Waals surface area (Å²) in [6, 6.07) is 12.0. The van der Waals surface area contributed by atoms with E-state index in [0.29, 0.717) is 34.1 Å².